The number of aryl methyl sites for hydroxylation is 1. The SMILES string of the molecule is CC1=NN(c2cc(Cl)c(S(=O)(=O)[O-])cc2Cl)C(=O)C1N=Nc1ccc(S(=O)(=O)Nc2ccc(C)cc2)cc1.[Na+]. The zero-order chi connectivity index (χ0) is 27.8. The minimum atomic E-state index is -4.88. The molecule has 11 nitrogen and oxygen atoms in total. The van der Waals surface area contributed by atoms with Gasteiger partial charge in [0.15, 0.2) is 6.04 Å². The summed E-state index contributed by atoms with van der Waals surface area (Å²) in [4.78, 5) is 12.2. The van der Waals surface area contributed by atoms with Crippen LogP contribution in [0.15, 0.2) is 85.8 Å². The fourth-order valence-corrected chi connectivity index (χ4v) is 5.75. The zero-order valence-electron chi connectivity index (χ0n) is 20.7. The number of hydrogen-bond donors (Lipinski definition) is 1. The van der Waals surface area contributed by atoms with Gasteiger partial charge in [0.25, 0.3) is 15.9 Å². The first-order chi connectivity index (χ1) is 17.8. The molecule has 0 saturated heterocycles. The molecule has 16 heteroatoms. The van der Waals surface area contributed by atoms with Gasteiger partial charge in [-0.05, 0) is 62.4 Å². The number of anilines is 2. The normalized spacial score (nSPS) is 15.8. The zero-order valence-corrected chi connectivity index (χ0v) is 25.8. The molecule has 1 amide bonds. The number of rotatable bonds is 7. The standard InChI is InChI=1S/C23H19Cl2N5O6S2.Na/c1-13-3-5-16(6-4-13)29-37(32,33)17-9-7-15(8-10-17)26-27-22-14(2)28-30(23(22)31)20-11-19(25)21(12-18(20)24)38(34,35)36;/h3-12,22,29H,1-2H3,(H,34,35,36);/q;+1/p-1. The molecule has 1 unspecified atom stereocenters. The van der Waals surface area contributed by atoms with E-state index in [9.17, 15) is 26.2 Å². The summed E-state index contributed by atoms with van der Waals surface area (Å²) in [5, 5.41) is 12.4. The third-order valence-corrected chi connectivity index (χ3v) is 8.34. The molecule has 0 bridgehead atoms. The summed E-state index contributed by atoms with van der Waals surface area (Å²) in [5.41, 5.74) is 1.91. The van der Waals surface area contributed by atoms with E-state index in [1.807, 2.05) is 6.92 Å². The van der Waals surface area contributed by atoms with Gasteiger partial charge in [0, 0.05) is 5.69 Å². The first-order valence-corrected chi connectivity index (χ1v) is 14.4. The van der Waals surface area contributed by atoms with E-state index < -0.39 is 42.0 Å². The summed E-state index contributed by atoms with van der Waals surface area (Å²) >= 11 is 12.0. The second-order valence-corrected chi connectivity index (χ2v) is 12.0. The number of azo groups is 1. The Morgan fingerprint density at radius 2 is 1.56 bits per heavy atom. The van der Waals surface area contributed by atoms with Gasteiger partial charge in [0.05, 0.1) is 36.9 Å². The van der Waals surface area contributed by atoms with Crippen LogP contribution in [0.1, 0.15) is 12.5 Å². The fraction of sp³-hybridized carbons (Fsp3) is 0.130. The van der Waals surface area contributed by atoms with Crippen LogP contribution >= 0.6 is 23.2 Å². The van der Waals surface area contributed by atoms with Crippen LogP contribution in [0.25, 0.3) is 0 Å². The van der Waals surface area contributed by atoms with Crippen LogP contribution in [0.4, 0.5) is 17.1 Å². The third-order valence-electron chi connectivity index (χ3n) is 5.33. The van der Waals surface area contributed by atoms with Gasteiger partial charge < -0.3 is 4.55 Å². The van der Waals surface area contributed by atoms with Gasteiger partial charge in [-0.3, -0.25) is 9.52 Å². The Bertz CT molecular complexity index is 1700. The molecule has 1 atom stereocenters. The van der Waals surface area contributed by atoms with Crippen molar-refractivity contribution >= 4 is 72.0 Å². The van der Waals surface area contributed by atoms with Gasteiger partial charge >= 0.3 is 29.6 Å². The molecule has 0 aliphatic carbocycles. The molecule has 3 aromatic rings. The van der Waals surface area contributed by atoms with Crippen LogP contribution < -0.4 is 39.3 Å². The van der Waals surface area contributed by atoms with Crippen LogP contribution in [0.5, 0.6) is 0 Å². The van der Waals surface area contributed by atoms with Crippen molar-refractivity contribution in [3.8, 4) is 0 Å². The number of hydrogen-bond acceptors (Lipinski definition) is 9. The number of sulfonamides is 1. The van der Waals surface area contributed by atoms with Crippen LogP contribution in [-0.4, -0.2) is 39.0 Å². The second kappa shape index (κ2) is 12.0. The number of nitrogens with zero attached hydrogens (tertiary/aromatic N) is 4. The molecule has 3 aromatic carbocycles. The van der Waals surface area contributed by atoms with E-state index in [-0.39, 0.29) is 56.6 Å². The summed E-state index contributed by atoms with van der Waals surface area (Å²) in [6.45, 7) is 3.42. The summed E-state index contributed by atoms with van der Waals surface area (Å²) < 4.78 is 61.8. The van der Waals surface area contributed by atoms with Crippen molar-refractivity contribution in [3.05, 3.63) is 76.3 Å². The van der Waals surface area contributed by atoms with Crippen molar-refractivity contribution < 1.29 is 55.7 Å². The molecule has 1 aliphatic rings. The van der Waals surface area contributed by atoms with E-state index in [0.29, 0.717) is 5.69 Å². The first-order valence-electron chi connectivity index (χ1n) is 10.7. The summed E-state index contributed by atoms with van der Waals surface area (Å²) in [5.74, 6) is -0.650. The van der Waals surface area contributed by atoms with E-state index in [1.165, 1.54) is 31.2 Å². The molecular formula is C23H18Cl2N5NaO6S2. The van der Waals surface area contributed by atoms with Crippen molar-refractivity contribution in [2.45, 2.75) is 29.7 Å². The topological polar surface area (TPSA) is 161 Å². The number of carbonyl (C=O) groups excluding carboxylic acids is 1. The average molecular weight is 618 g/mol. The van der Waals surface area contributed by atoms with E-state index in [2.05, 4.69) is 20.1 Å². The fourth-order valence-electron chi connectivity index (χ4n) is 3.39. The molecule has 4 rings (SSSR count). The molecule has 1 heterocycles. The minimum Gasteiger partial charge on any atom is -0.744 e. The van der Waals surface area contributed by atoms with Gasteiger partial charge in [-0.15, -0.1) is 0 Å². The van der Waals surface area contributed by atoms with E-state index in [1.54, 1.807) is 24.3 Å². The van der Waals surface area contributed by atoms with E-state index >= 15 is 0 Å². The monoisotopic (exact) mass is 617 g/mol. The van der Waals surface area contributed by atoms with Crippen molar-refractivity contribution in [3.63, 3.8) is 0 Å². The maximum atomic E-state index is 13.0. The van der Waals surface area contributed by atoms with Gasteiger partial charge in [-0.2, -0.15) is 20.3 Å². The molecule has 1 aliphatic heterocycles. The Hall–Kier alpha value is -2.36. The summed E-state index contributed by atoms with van der Waals surface area (Å²) in [6, 6.07) is 13.2. The Labute approximate surface area is 257 Å². The van der Waals surface area contributed by atoms with Crippen molar-refractivity contribution in [2.75, 3.05) is 9.73 Å². The maximum absolute atomic E-state index is 13.0. The Kier molecular flexibility index (Phi) is 9.61. The quantitative estimate of drug-likeness (QED) is 0.242. The smallest absolute Gasteiger partial charge is 0.744 e. The molecule has 0 spiro atoms. The van der Waals surface area contributed by atoms with E-state index in [4.69, 9.17) is 23.2 Å². The largest absolute Gasteiger partial charge is 1.00 e. The number of carbonyl (C=O) groups is 1. The van der Waals surface area contributed by atoms with Gasteiger partial charge in [-0.25, -0.2) is 16.8 Å². The summed E-state index contributed by atoms with van der Waals surface area (Å²) in [7, 11) is -8.71. The van der Waals surface area contributed by atoms with Gasteiger partial charge in [0.2, 0.25) is 0 Å². The van der Waals surface area contributed by atoms with Crippen LogP contribution in [0.2, 0.25) is 10.0 Å². The molecule has 0 fully saturated rings. The van der Waals surface area contributed by atoms with Crippen molar-refractivity contribution in [1.82, 2.24) is 0 Å². The Morgan fingerprint density at radius 3 is 2.15 bits per heavy atom. The predicted octanol–water partition coefficient (Wildman–Crippen LogP) is 1.89. The summed E-state index contributed by atoms with van der Waals surface area (Å²) in [6.07, 6.45) is 0. The Balaban J connectivity index is 0.00000420. The molecule has 0 radical (unpaired) electrons. The Morgan fingerprint density at radius 1 is 0.949 bits per heavy atom. The number of halogens is 2. The van der Waals surface area contributed by atoms with Crippen molar-refractivity contribution in [2.24, 2.45) is 15.3 Å². The molecule has 0 saturated carbocycles. The maximum Gasteiger partial charge on any atom is 1.00 e. The molecule has 198 valence electrons. The van der Waals surface area contributed by atoms with Crippen LogP contribution in [0.3, 0.4) is 0 Å². The van der Waals surface area contributed by atoms with Crippen LogP contribution in [-0.2, 0) is 24.9 Å². The number of benzene rings is 3. The van der Waals surface area contributed by atoms with Gasteiger partial charge in [0.1, 0.15) is 10.1 Å². The number of nitrogens with one attached hydrogen (secondary N) is 1. The van der Waals surface area contributed by atoms with Gasteiger partial charge in [-0.1, -0.05) is 40.9 Å². The van der Waals surface area contributed by atoms with E-state index in [0.717, 1.165) is 22.7 Å². The molecule has 0 aromatic heterocycles. The second-order valence-electron chi connectivity index (χ2n) is 8.16. The molecule has 1 N–H and O–H groups in total. The third kappa shape index (κ3) is 7.05. The minimum absolute atomic E-state index is 0. The predicted molar refractivity (Wildman–Crippen MR) is 142 cm³/mol. The first kappa shape index (κ1) is 31.2. The molecule has 39 heavy (non-hydrogen) atoms. The molecular weight excluding hydrogens is 600 g/mol. The number of amides is 1. The number of hydrazone groups is 1. The van der Waals surface area contributed by atoms with Crippen molar-refractivity contribution in [1.29, 1.82) is 0 Å². The van der Waals surface area contributed by atoms with Crippen LogP contribution in [0, 0.1) is 6.92 Å². The average Bonchev–Trinajstić information content (AvgIpc) is 3.12.